The summed E-state index contributed by atoms with van der Waals surface area (Å²) in [6, 6.07) is 0. The summed E-state index contributed by atoms with van der Waals surface area (Å²) in [5, 5.41) is 13.7. The van der Waals surface area contributed by atoms with E-state index in [2.05, 4.69) is 5.10 Å². The lowest BCUT2D eigenvalue weighted by Crippen LogP contribution is -2.33. The third-order valence-electron chi connectivity index (χ3n) is 2.94. The van der Waals surface area contributed by atoms with Crippen molar-refractivity contribution in [2.45, 2.75) is 31.9 Å². The summed E-state index contributed by atoms with van der Waals surface area (Å²) < 4.78 is 43.9. The molecule has 8 heteroatoms. The number of β-amino-alcohol motifs (C(OH)–C–C–N with tert-alkyl or cyclic N) is 1. The second kappa shape index (κ2) is 5.38. The fraction of sp³-hybridized carbons (Fsp3) is 0.727. The van der Waals surface area contributed by atoms with Gasteiger partial charge in [0.25, 0.3) is 0 Å². The molecule has 5 nitrogen and oxygen atoms in total. The Labute approximate surface area is 108 Å². The van der Waals surface area contributed by atoms with Crippen LogP contribution in [-0.4, -0.2) is 57.8 Å². The van der Waals surface area contributed by atoms with Gasteiger partial charge in [0.15, 0.2) is 5.75 Å². The van der Waals surface area contributed by atoms with Crippen molar-refractivity contribution in [3.8, 4) is 5.75 Å². The highest BCUT2D eigenvalue weighted by Gasteiger charge is 2.39. The van der Waals surface area contributed by atoms with Gasteiger partial charge in [-0.1, -0.05) is 0 Å². The van der Waals surface area contributed by atoms with E-state index in [4.69, 9.17) is 4.74 Å². The van der Waals surface area contributed by atoms with Crippen LogP contribution in [0.2, 0.25) is 0 Å². The van der Waals surface area contributed by atoms with E-state index in [1.165, 1.54) is 6.20 Å². The summed E-state index contributed by atoms with van der Waals surface area (Å²) in [4.78, 5) is 1.14. The molecule has 1 aliphatic rings. The highest BCUT2D eigenvalue weighted by atomic mass is 19.4. The molecule has 0 aliphatic carbocycles. The van der Waals surface area contributed by atoms with Crippen LogP contribution in [0.25, 0.3) is 0 Å². The molecule has 0 amide bonds. The Morgan fingerprint density at radius 1 is 1.47 bits per heavy atom. The highest BCUT2D eigenvalue weighted by molar-refractivity contribution is 5.13. The second-order valence-corrected chi connectivity index (χ2v) is 4.56. The highest BCUT2D eigenvalue weighted by Crippen LogP contribution is 2.23. The topological polar surface area (TPSA) is 50.5 Å². The van der Waals surface area contributed by atoms with Gasteiger partial charge >= 0.3 is 6.18 Å². The van der Waals surface area contributed by atoms with E-state index in [0.29, 0.717) is 12.3 Å². The van der Waals surface area contributed by atoms with Crippen LogP contribution < -0.4 is 4.74 Å². The van der Waals surface area contributed by atoms with Gasteiger partial charge in [0.1, 0.15) is 12.2 Å². The van der Waals surface area contributed by atoms with Crippen molar-refractivity contribution in [3.63, 3.8) is 0 Å². The molecule has 1 saturated heterocycles. The largest absolute Gasteiger partial charge is 0.483 e. The van der Waals surface area contributed by atoms with Gasteiger partial charge in [0.05, 0.1) is 18.9 Å². The molecule has 0 radical (unpaired) electrons. The Kier molecular flexibility index (Phi) is 4.00. The van der Waals surface area contributed by atoms with Crippen LogP contribution in [0.3, 0.4) is 0 Å². The summed E-state index contributed by atoms with van der Waals surface area (Å²) in [6.07, 6.45) is -2.70. The lowest BCUT2D eigenvalue weighted by Gasteiger charge is -2.17. The van der Waals surface area contributed by atoms with Crippen LogP contribution in [0.15, 0.2) is 12.4 Å². The monoisotopic (exact) mass is 279 g/mol. The van der Waals surface area contributed by atoms with E-state index >= 15 is 0 Å². The maximum Gasteiger partial charge on any atom is 0.401 e. The van der Waals surface area contributed by atoms with E-state index in [9.17, 15) is 18.3 Å². The first-order valence-electron chi connectivity index (χ1n) is 6.03. The molecule has 0 aromatic carbocycles. The molecule has 108 valence electrons. The van der Waals surface area contributed by atoms with Gasteiger partial charge in [-0.3, -0.25) is 9.58 Å². The molecule has 1 fully saturated rings. The average Bonchev–Trinajstić information content (AvgIpc) is 2.85. The molecule has 1 N–H and O–H groups in total. The van der Waals surface area contributed by atoms with Crippen molar-refractivity contribution in [1.82, 2.24) is 14.7 Å². The number of aliphatic hydroxyl groups is 1. The number of nitrogens with zero attached hydrogens (tertiary/aromatic N) is 3. The van der Waals surface area contributed by atoms with Gasteiger partial charge in [0, 0.05) is 19.6 Å². The summed E-state index contributed by atoms with van der Waals surface area (Å²) in [7, 11) is 0. The first-order valence-corrected chi connectivity index (χ1v) is 6.03. The SMILES string of the molecule is CCn1cc(O[C@@H]2CN(CC(F)(F)F)C[C@H]2O)cn1. The van der Waals surface area contributed by atoms with E-state index < -0.39 is 24.9 Å². The van der Waals surface area contributed by atoms with Gasteiger partial charge in [0.2, 0.25) is 0 Å². The lowest BCUT2D eigenvalue weighted by molar-refractivity contribution is -0.144. The molecule has 19 heavy (non-hydrogen) atoms. The maximum atomic E-state index is 12.3. The first kappa shape index (κ1) is 14.1. The van der Waals surface area contributed by atoms with Crippen molar-refractivity contribution in [2.75, 3.05) is 19.6 Å². The van der Waals surface area contributed by atoms with Gasteiger partial charge in [-0.2, -0.15) is 18.3 Å². The van der Waals surface area contributed by atoms with Crippen LogP contribution >= 0.6 is 0 Å². The molecule has 0 spiro atoms. The molecule has 1 aliphatic heterocycles. The molecule has 2 heterocycles. The smallest absolute Gasteiger partial charge is 0.401 e. The van der Waals surface area contributed by atoms with E-state index in [-0.39, 0.29) is 13.1 Å². The van der Waals surface area contributed by atoms with Crippen LogP contribution in [0.1, 0.15) is 6.92 Å². The van der Waals surface area contributed by atoms with E-state index in [1.807, 2.05) is 6.92 Å². The molecular weight excluding hydrogens is 263 g/mol. The van der Waals surface area contributed by atoms with Crippen molar-refractivity contribution in [2.24, 2.45) is 0 Å². The maximum absolute atomic E-state index is 12.3. The number of halogens is 3. The minimum atomic E-state index is -4.26. The molecule has 2 atom stereocenters. The zero-order valence-electron chi connectivity index (χ0n) is 10.5. The fourth-order valence-electron chi connectivity index (χ4n) is 2.08. The zero-order chi connectivity index (χ0) is 14.0. The predicted molar refractivity (Wildman–Crippen MR) is 60.8 cm³/mol. The Balaban J connectivity index is 1.91. The van der Waals surface area contributed by atoms with Crippen LogP contribution in [0, 0.1) is 0 Å². The first-order chi connectivity index (χ1) is 8.87. The van der Waals surface area contributed by atoms with Gasteiger partial charge in [-0.05, 0) is 6.92 Å². The zero-order valence-corrected chi connectivity index (χ0v) is 10.5. The number of hydrogen-bond donors (Lipinski definition) is 1. The van der Waals surface area contributed by atoms with E-state index in [1.54, 1.807) is 10.9 Å². The lowest BCUT2D eigenvalue weighted by atomic mass is 10.3. The fourth-order valence-corrected chi connectivity index (χ4v) is 2.08. The Bertz CT molecular complexity index is 422. The van der Waals surface area contributed by atoms with Crippen molar-refractivity contribution in [1.29, 1.82) is 0 Å². The minimum Gasteiger partial charge on any atom is -0.483 e. The third-order valence-corrected chi connectivity index (χ3v) is 2.94. The summed E-state index contributed by atoms with van der Waals surface area (Å²) in [5.41, 5.74) is 0. The number of ether oxygens (including phenoxy) is 1. The Morgan fingerprint density at radius 3 is 2.79 bits per heavy atom. The quantitative estimate of drug-likeness (QED) is 0.889. The van der Waals surface area contributed by atoms with Crippen LogP contribution in [-0.2, 0) is 6.54 Å². The molecular formula is C11H16F3N3O2. The van der Waals surface area contributed by atoms with Crippen LogP contribution in [0.5, 0.6) is 5.75 Å². The van der Waals surface area contributed by atoms with E-state index in [0.717, 1.165) is 4.90 Å². The average molecular weight is 279 g/mol. The van der Waals surface area contributed by atoms with Crippen molar-refractivity contribution >= 4 is 0 Å². The summed E-state index contributed by atoms with van der Waals surface area (Å²) >= 11 is 0. The van der Waals surface area contributed by atoms with Crippen molar-refractivity contribution in [3.05, 3.63) is 12.4 Å². The van der Waals surface area contributed by atoms with Gasteiger partial charge in [-0.25, -0.2) is 0 Å². The summed E-state index contributed by atoms with van der Waals surface area (Å²) in [6.45, 7) is 1.57. The molecule has 1 aromatic rings. The molecule has 0 saturated carbocycles. The molecule has 0 bridgehead atoms. The van der Waals surface area contributed by atoms with Crippen LogP contribution in [0.4, 0.5) is 13.2 Å². The minimum absolute atomic E-state index is 0.0356. The number of aryl methyl sites for hydroxylation is 1. The standard InChI is InChI=1S/C11H16F3N3O2/c1-2-17-4-8(3-15-17)19-10-6-16(5-9(10)18)7-11(12,13)14/h3-4,9-10,18H,2,5-7H2,1H3/t9-,10-/m1/s1. The van der Waals surface area contributed by atoms with Gasteiger partial charge < -0.3 is 9.84 Å². The Morgan fingerprint density at radius 2 is 2.21 bits per heavy atom. The molecule has 0 unspecified atom stereocenters. The Hall–Kier alpha value is -1.28. The molecule has 1 aromatic heterocycles. The van der Waals surface area contributed by atoms with Crippen molar-refractivity contribution < 1.29 is 23.0 Å². The summed E-state index contributed by atoms with van der Waals surface area (Å²) in [5.74, 6) is 0.458. The number of hydrogen-bond acceptors (Lipinski definition) is 4. The van der Waals surface area contributed by atoms with Gasteiger partial charge in [-0.15, -0.1) is 0 Å². The normalized spacial score (nSPS) is 24.9. The predicted octanol–water partition coefficient (Wildman–Crippen LogP) is 0.889. The third kappa shape index (κ3) is 3.84. The second-order valence-electron chi connectivity index (χ2n) is 4.56. The molecule has 2 rings (SSSR count). The number of aliphatic hydroxyl groups excluding tert-OH is 1. The number of rotatable bonds is 4. The number of alkyl halides is 3. The number of aromatic nitrogens is 2. The number of likely N-dealkylation sites (tertiary alicyclic amines) is 1.